The van der Waals surface area contributed by atoms with Gasteiger partial charge in [0.25, 0.3) is 5.91 Å². The van der Waals surface area contributed by atoms with Crippen LogP contribution in [0.25, 0.3) is 22.7 Å². The van der Waals surface area contributed by atoms with Crippen LogP contribution in [0.1, 0.15) is 121 Å². The van der Waals surface area contributed by atoms with E-state index in [9.17, 15) is 9.59 Å². The number of Topliss-reactive ketones (excluding diaryl/α,β-unsaturated/α-hetero) is 1. The van der Waals surface area contributed by atoms with Gasteiger partial charge in [0, 0.05) is 36.3 Å². The number of nitrogens with one attached hydrogen (secondary N) is 1. The van der Waals surface area contributed by atoms with Gasteiger partial charge in [0.15, 0.2) is 5.78 Å². The van der Waals surface area contributed by atoms with Gasteiger partial charge in [0.1, 0.15) is 0 Å². The van der Waals surface area contributed by atoms with Crippen LogP contribution in [0.2, 0.25) is 0 Å². The fraction of sp³-hybridized carbons (Fsp3) is 0.450. The highest BCUT2D eigenvalue weighted by Crippen LogP contribution is 2.32. The standard InChI is InChI=1S/C40H46N14O2/c1-27(55)28-15-36-19-37(16-28)52-25-32(44-48-52)21-41-22-33-26-53(49-45-33)39-18-29(40(56)54(34-11-4-2-5-12-34)35-13-6-3-7-14-35)17-38(20-39)51-24-31(43-47-51)10-8-9-30-23-50(36)46-42-30/h15-20,23-26,34-35,41H,2-14,21-22H2,1H3. The van der Waals surface area contributed by atoms with Crippen LogP contribution in [-0.4, -0.2) is 88.6 Å². The number of benzene rings is 2. The minimum absolute atomic E-state index is 0.0699. The number of rotatable bonds is 4. The van der Waals surface area contributed by atoms with Gasteiger partial charge >= 0.3 is 0 Å². The number of hydrogen-bond acceptors (Lipinski definition) is 11. The highest BCUT2D eigenvalue weighted by atomic mass is 16.2. The Bertz CT molecular complexity index is 2200. The Labute approximate surface area is 324 Å². The zero-order chi connectivity index (χ0) is 38.0. The third-order valence-electron chi connectivity index (χ3n) is 11.3. The Morgan fingerprint density at radius 1 is 0.536 bits per heavy atom. The Hall–Kier alpha value is -5.90. The molecular weight excluding hydrogens is 709 g/mol. The molecule has 4 aromatic heterocycles. The van der Waals surface area contributed by atoms with Crippen molar-refractivity contribution in [3.63, 3.8) is 0 Å². The number of nitrogens with zero attached hydrogens (tertiary/aromatic N) is 13. The first-order valence-electron chi connectivity index (χ1n) is 19.9. The second-order valence-electron chi connectivity index (χ2n) is 15.4. The van der Waals surface area contributed by atoms with E-state index in [1.165, 1.54) is 19.8 Å². The zero-order valence-electron chi connectivity index (χ0n) is 31.7. The van der Waals surface area contributed by atoms with Crippen LogP contribution in [-0.2, 0) is 25.9 Å². The lowest BCUT2D eigenvalue weighted by atomic mass is 9.88. The lowest BCUT2D eigenvalue weighted by Gasteiger charge is -2.42. The Morgan fingerprint density at radius 3 is 1.36 bits per heavy atom. The molecule has 0 saturated heterocycles. The van der Waals surface area contributed by atoms with Crippen molar-refractivity contribution in [3.8, 4) is 22.7 Å². The maximum atomic E-state index is 14.8. The number of carbonyl (C=O) groups excluding carboxylic acids is 2. The minimum atomic E-state index is -0.0699. The van der Waals surface area contributed by atoms with Crippen LogP contribution < -0.4 is 5.32 Å². The van der Waals surface area contributed by atoms with Gasteiger partial charge in [-0.25, -0.2) is 18.7 Å². The molecule has 1 N–H and O–H groups in total. The van der Waals surface area contributed by atoms with E-state index in [1.54, 1.807) is 30.9 Å². The molecule has 0 radical (unpaired) electrons. The summed E-state index contributed by atoms with van der Waals surface area (Å²) in [6.07, 6.45) is 21.0. The monoisotopic (exact) mass is 754 g/mol. The molecule has 12 bridgehead atoms. The number of aromatic nitrogens is 12. The normalized spacial score (nSPS) is 16.9. The molecule has 3 aliphatic rings. The molecule has 0 spiro atoms. The molecule has 2 aliphatic carbocycles. The van der Waals surface area contributed by atoms with Crippen LogP contribution in [0, 0.1) is 0 Å². The van der Waals surface area contributed by atoms with Crippen molar-refractivity contribution in [3.05, 3.63) is 95.1 Å². The molecule has 16 nitrogen and oxygen atoms in total. The average Bonchev–Trinajstić information content (AvgIpc) is 4.07. The minimum Gasteiger partial charge on any atom is -0.333 e. The fourth-order valence-electron chi connectivity index (χ4n) is 8.40. The molecule has 56 heavy (non-hydrogen) atoms. The van der Waals surface area contributed by atoms with Gasteiger partial charge in [-0.15, -0.1) is 20.4 Å². The van der Waals surface area contributed by atoms with Gasteiger partial charge < -0.3 is 10.2 Å². The molecule has 6 aromatic rings. The van der Waals surface area contributed by atoms with Crippen LogP contribution in [0.3, 0.4) is 0 Å². The molecule has 16 heteroatoms. The predicted octanol–water partition coefficient (Wildman–Crippen LogP) is 5.10. The average molecular weight is 755 g/mol. The summed E-state index contributed by atoms with van der Waals surface area (Å²) in [5.41, 5.74) is 7.08. The number of aryl methyl sites for hydroxylation is 2. The molecule has 0 atom stereocenters. The van der Waals surface area contributed by atoms with Gasteiger partial charge in [-0.1, -0.05) is 59.4 Å². The summed E-state index contributed by atoms with van der Waals surface area (Å²) in [6, 6.07) is 11.9. The van der Waals surface area contributed by atoms with Gasteiger partial charge in [0.2, 0.25) is 0 Å². The topological polar surface area (TPSA) is 172 Å². The summed E-state index contributed by atoms with van der Waals surface area (Å²) in [5, 5.41) is 38.9. The number of fused-ring (bicyclic) bond motifs is 16. The van der Waals surface area contributed by atoms with Gasteiger partial charge in [-0.05, 0) is 88.3 Å². The summed E-state index contributed by atoms with van der Waals surface area (Å²) >= 11 is 0. The van der Waals surface area contributed by atoms with Crippen LogP contribution in [0.5, 0.6) is 0 Å². The van der Waals surface area contributed by atoms with E-state index in [1.807, 2.05) is 49.1 Å². The summed E-state index contributed by atoms with van der Waals surface area (Å²) in [5.74, 6) is 0.00621. The van der Waals surface area contributed by atoms with Crippen LogP contribution >= 0.6 is 0 Å². The third kappa shape index (κ3) is 7.65. The van der Waals surface area contributed by atoms with Crippen molar-refractivity contribution in [2.24, 2.45) is 0 Å². The molecule has 2 saturated carbocycles. The lowest BCUT2D eigenvalue weighted by molar-refractivity contribution is 0.0448. The second kappa shape index (κ2) is 15.7. The van der Waals surface area contributed by atoms with E-state index in [0.717, 1.165) is 86.2 Å². The van der Waals surface area contributed by atoms with Gasteiger partial charge in [-0.3, -0.25) is 9.59 Å². The van der Waals surface area contributed by atoms with Crippen molar-refractivity contribution in [2.45, 2.75) is 116 Å². The number of hydrogen-bond donors (Lipinski definition) is 1. The summed E-state index contributed by atoms with van der Waals surface area (Å²) in [7, 11) is 0. The molecule has 1 amide bonds. The SMILES string of the molecule is CC(=O)c1cc2cc(c1)-n1cc(nn1)CNCc1cn(nn1)-c1cc(C(=O)N(C3CCCCC3)C3CCCCC3)cc(c1)-n1cc(nn1)CCCc1cn-2nn1. The summed E-state index contributed by atoms with van der Waals surface area (Å²) in [6.45, 7) is 2.40. The first kappa shape index (κ1) is 35.8. The summed E-state index contributed by atoms with van der Waals surface area (Å²) in [4.78, 5) is 29.5. The van der Waals surface area contributed by atoms with Gasteiger partial charge in [-0.2, -0.15) is 0 Å². The molecular formula is C40H46N14O2. The van der Waals surface area contributed by atoms with E-state index >= 15 is 0 Å². The number of ketones is 1. The molecule has 2 fully saturated rings. The highest BCUT2D eigenvalue weighted by Gasteiger charge is 2.33. The van der Waals surface area contributed by atoms with Gasteiger partial charge in [0.05, 0.1) is 70.3 Å². The second-order valence-corrected chi connectivity index (χ2v) is 15.4. The third-order valence-corrected chi connectivity index (χ3v) is 11.3. The zero-order valence-corrected chi connectivity index (χ0v) is 31.7. The largest absolute Gasteiger partial charge is 0.333 e. The fourth-order valence-corrected chi connectivity index (χ4v) is 8.40. The first-order chi connectivity index (χ1) is 27.4. The maximum absolute atomic E-state index is 14.8. The Morgan fingerprint density at radius 2 is 0.929 bits per heavy atom. The first-order valence-corrected chi connectivity index (χ1v) is 19.9. The van der Waals surface area contributed by atoms with Crippen molar-refractivity contribution in [2.75, 3.05) is 0 Å². The maximum Gasteiger partial charge on any atom is 0.254 e. The quantitative estimate of drug-likeness (QED) is 0.238. The predicted molar refractivity (Wildman–Crippen MR) is 205 cm³/mol. The number of carbonyl (C=O) groups is 2. The molecule has 5 heterocycles. The van der Waals surface area contributed by atoms with Crippen LogP contribution in [0.4, 0.5) is 0 Å². The number of amides is 1. The van der Waals surface area contributed by atoms with Crippen molar-refractivity contribution in [1.29, 1.82) is 0 Å². The molecule has 288 valence electrons. The smallest absolute Gasteiger partial charge is 0.254 e. The van der Waals surface area contributed by atoms with E-state index in [-0.39, 0.29) is 23.8 Å². The van der Waals surface area contributed by atoms with Crippen molar-refractivity contribution < 1.29 is 9.59 Å². The van der Waals surface area contributed by atoms with E-state index in [0.29, 0.717) is 54.1 Å². The molecule has 2 aromatic carbocycles. The van der Waals surface area contributed by atoms with E-state index in [4.69, 9.17) is 0 Å². The Balaban J connectivity index is 1.06. The molecule has 0 unspecified atom stereocenters. The Kier molecular flexibility index (Phi) is 10.0. The van der Waals surface area contributed by atoms with Crippen molar-refractivity contribution >= 4 is 11.7 Å². The summed E-state index contributed by atoms with van der Waals surface area (Å²) < 4.78 is 6.81. The van der Waals surface area contributed by atoms with E-state index < -0.39 is 0 Å². The molecule has 1 aliphatic heterocycles. The lowest BCUT2D eigenvalue weighted by Crippen LogP contribution is -2.48. The van der Waals surface area contributed by atoms with E-state index in [2.05, 4.69) is 51.5 Å². The molecule has 9 rings (SSSR count). The van der Waals surface area contributed by atoms with Crippen LogP contribution in [0.15, 0.2) is 61.2 Å². The highest BCUT2D eigenvalue weighted by molar-refractivity contribution is 5.96. The van der Waals surface area contributed by atoms with Crippen molar-refractivity contribution in [1.82, 2.24) is 70.2 Å².